The Morgan fingerprint density at radius 2 is 1.05 bits per heavy atom. The maximum absolute atomic E-state index is 6.69. The van der Waals surface area contributed by atoms with Gasteiger partial charge in [0, 0.05) is 38.6 Å². The number of amidine groups is 1. The quantitative estimate of drug-likeness (QED) is 0.171. The van der Waals surface area contributed by atoms with E-state index < -0.39 is 0 Å². The van der Waals surface area contributed by atoms with E-state index in [9.17, 15) is 0 Å². The van der Waals surface area contributed by atoms with Gasteiger partial charge >= 0.3 is 0 Å². The molecule has 0 spiro atoms. The van der Waals surface area contributed by atoms with Crippen LogP contribution >= 0.6 is 0 Å². The Labute approximate surface area is 369 Å². The molecule has 0 saturated carbocycles. The number of aliphatic imine (C=N–C) groups is 2. The zero-order valence-corrected chi connectivity index (χ0v) is 35.0. The Bertz CT molecular complexity index is 3960. The van der Waals surface area contributed by atoms with E-state index in [1.165, 1.54) is 48.8 Å². The third kappa shape index (κ3) is 5.76. The van der Waals surface area contributed by atoms with Crippen LogP contribution in [0.3, 0.4) is 0 Å². The number of allylic oxidation sites excluding steroid dienone is 1. The van der Waals surface area contributed by atoms with Crippen molar-refractivity contribution >= 4 is 93.3 Å². The van der Waals surface area contributed by atoms with Crippen molar-refractivity contribution in [2.45, 2.75) is 6.92 Å². The minimum Gasteiger partial charge on any atom is -0.456 e. The molecule has 1 aliphatic heterocycles. The minimum absolute atomic E-state index is 0.105. The van der Waals surface area contributed by atoms with Crippen molar-refractivity contribution < 1.29 is 4.42 Å². The molecule has 0 radical (unpaired) electrons. The summed E-state index contributed by atoms with van der Waals surface area (Å²) in [6, 6.07) is 73.8. The SMILES string of the molecule is CC1C=C(c2c(-n3c4cc5ccccc5cc4c4c5ccccc5ccc43)ccc3oc4ccccc4c23)N=C(c2ccc3ccccc3c2)N=C1c1ccc(-c2ccccc2)cc1. The molecule has 2 aromatic heterocycles. The van der Waals surface area contributed by atoms with E-state index >= 15 is 0 Å². The number of furan rings is 1. The zero-order chi connectivity index (χ0) is 42.3. The molecule has 0 saturated heterocycles. The molecule has 3 heterocycles. The van der Waals surface area contributed by atoms with Crippen LogP contribution in [0.25, 0.3) is 98.6 Å². The van der Waals surface area contributed by atoms with E-state index in [2.05, 4.69) is 218 Å². The lowest BCUT2D eigenvalue weighted by Gasteiger charge is -2.17. The average Bonchev–Trinajstić information content (AvgIpc) is 3.83. The second kappa shape index (κ2) is 14.4. The van der Waals surface area contributed by atoms with Crippen LogP contribution in [0.15, 0.2) is 227 Å². The lowest BCUT2D eigenvalue weighted by atomic mass is 9.93. The van der Waals surface area contributed by atoms with Crippen molar-refractivity contribution in [2.75, 3.05) is 0 Å². The number of hydrogen-bond donors (Lipinski definition) is 0. The molecule has 12 aromatic rings. The maximum atomic E-state index is 6.69. The summed E-state index contributed by atoms with van der Waals surface area (Å²) >= 11 is 0. The highest BCUT2D eigenvalue weighted by molar-refractivity contribution is 6.24. The molecule has 0 aliphatic carbocycles. The molecule has 4 nitrogen and oxygen atoms in total. The van der Waals surface area contributed by atoms with Gasteiger partial charge in [-0.3, -0.25) is 0 Å². The van der Waals surface area contributed by atoms with Crippen LogP contribution < -0.4 is 0 Å². The maximum Gasteiger partial charge on any atom is 0.160 e. The fraction of sp³-hybridized carbons (Fsp3) is 0.0333. The van der Waals surface area contributed by atoms with Crippen molar-refractivity contribution in [3.05, 3.63) is 229 Å². The smallest absolute Gasteiger partial charge is 0.160 e. The van der Waals surface area contributed by atoms with Gasteiger partial charge < -0.3 is 8.98 Å². The van der Waals surface area contributed by atoms with Gasteiger partial charge in [0.15, 0.2) is 5.84 Å². The molecule has 1 unspecified atom stereocenters. The van der Waals surface area contributed by atoms with E-state index in [0.717, 1.165) is 72.1 Å². The van der Waals surface area contributed by atoms with Crippen LogP contribution in [0.4, 0.5) is 0 Å². The van der Waals surface area contributed by atoms with E-state index in [1.54, 1.807) is 0 Å². The number of para-hydroxylation sites is 1. The summed E-state index contributed by atoms with van der Waals surface area (Å²) < 4.78 is 9.15. The number of benzene rings is 10. The van der Waals surface area contributed by atoms with Crippen LogP contribution in [0.2, 0.25) is 0 Å². The van der Waals surface area contributed by atoms with Gasteiger partial charge in [0.1, 0.15) is 11.2 Å². The summed E-state index contributed by atoms with van der Waals surface area (Å²) in [6.45, 7) is 2.24. The summed E-state index contributed by atoms with van der Waals surface area (Å²) in [5, 5.41) is 11.7. The highest BCUT2D eigenvalue weighted by Gasteiger charge is 2.27. The fourth-order valence-corrected chi connectivity index (χ4v) is 10.1. The first-order valence-electron chi connectivity index (χ1n) is 22.0. The minimum atomic E-state index is -0.105. The fourth-order valence-electron chi connectivity index (χ4n) is 10.1. The molecule has 0 amide bonds. The topological polar surface area (TPSA) is 42.8 Å². The molecule has 0 fully saturated rings. The van der Waals surface area contributed by atoms with Gasteiger partial charge in [0.2, 0.25) is 0 Å². The van der Waals surface area contributed by atoms with Crippen molar-refractivity contribution in [1.82, 2.24) is 4.57 Å². The standard InChI is InChI=1S/C60H39N3O/c1-37-33-50(61-60(46-28-25-39-15-5-6-17-43(39)34-46)62-59(37)42-26-23-40(24-27-42)38-13-3-2-4-14-38)58-52(31-32-55-57(58)48-21-11-12-22-54(48)64-55)63-51-30-29-41-16-9-10-20-47(41)56(51)49-35-44-18-7-8-19-45(44)36-53(49)63/h2-37H,1H3. The predicted molar refractivity (Wildman–Crippen MR) is 269 cm³/mol. The molecular weight excluding hydrogens is 779 g/mol. The number of fused-ring (bicyclic) bond motifs is 10. The van der Waals surface area contributed by atoms with Crippen molar-refractivity contribution in [1.29, 1.82) is 0 Å². The van der Waals surface area contributed by atoms with E-state index in [4.69, 9.17) is 14.4 Å². The zero-order valence-electron chi connectivity index (χ0n) is 35.0. The van der Waals surface area contributed by atoms with Gasteiger partial charge in [-0.1, -0.05) is 171 Å². The summed E-state index contributed by atoms with van der Waals surface area (Å²) in [5.74, 6) is 0.560. The molecule has 10 aromatic carbocycles. The van der Waals surface area contributed by atoms with Gasteiger partial charge in [-0.2, -0.15) is 0 Å². The first-order chi connectivity index (χ1) is 31.6. The molecule has 1 aliphatic rings. The van der Waals surface area contributed by atoms with E-state index in [0.29, 0.717) is 5.84 Å². The van der Waals surface area contributed by atoms with Crippen molar-refractivity contribution in [3.63, 3.8) is 0 Å². The molecule has 4 heteroatoms. The molecule has 64 heavy (non-hydrogen) atoms. The molecule has 1 atom stereocenters. The third-order valence-corrected chi connectivity index (χ3v) is 13.1. The Morgan fingerprint density at radius 1 is 0.422 bits per heavy atom. The van der Waals surface area contributed by atoms with Gasteiger partial charge in [-0.15, -0.1) is 0 Å². The second-order valence-corrected chi connectivity index (χ2v) is 16.9. The number of aromatic nitrogens is 1. The van der Waals surface area contributed by atoms with Crippen LogP contribution in [-0.2, 0) is 0 Å². The first kappa shape index (κ1) is 36.3. The summed E-state index contributed by atoms with van der Waals surface area (Å²) in [5.41, 5.74) is 12.1. The van der Waals surface area contributed by atoms with Crippen LogP contribution in [0.5, 0.6) is 0 Å². The predicted octanol–water partition coefficient (Wildman–Crippen LogP) is 15.7. The monoisotopic (exact) mass is 817 g/mol. The molecule has 300 valence electrons. The Balaban J connectivity index is 1.12. The van der Waals surface area contributed by atoms with Crippen LogP contribution in [0, 0.1) is 5.92 Å². The van der Waals surface area contributed by atoms with Crippen molar-refractivity contribution in [2.24, 2.45) is 15.9 Å². The normalized spacial score (nSPS) is 14.5. The summed E-state index contributed by atoms with van der Waals surface area (Å²) in [6.07, 6.45) is 2.32. The average molecular weight is 818 g/mol. The van der Waals surface area contributed by atoms with Gasteiger partial charge in [0.05, 0.1) is 28.1 Å². The molecule has 13 rings (SSSR count). The van der Waals surface area contributed by atoms with Crippen LogP contribution in [-0.4, -0.2) is 16.1 Å². The van der Waals surface area contributed by atoms with Gasteiger partial charge in [-0.25, -0.2) is 9.98 Å². The summed E-state index contributed by atoms with van der Waals surface area (Å²) in [7, 11) is 0. The van der Waals surface area contributed by atoms with Gasteiger partial charge in [-0.05, 0) is 97.5 Å². The number of nitrogens with zero attached hydrogens (tertiary/aromatic N) is 3. The Morgan fingerprint density at radius 3 is 1.86 bits per heavy atom. The number of hydrogen-bond acceptors (Lipinski definition) is 3. The molecule has 0 N–H and O–H groups in total. The second-order valence-electron chi connectivity index (χ2n) is 16.9. The van der Waals surface area contributed by atoms with E-state index in [1.807, 2.05) is 6.07 Å². The third-order valence-electron chi connectivity index (χ3n) is 13.1. The van der Waals surface area contributed by atoms with Crippen molar-refractivity contribution in [3.8, 4) is 16.8 Å². The molecule has 0 bridgehead atoms. The lowest BCUT2D eigenvalue weighted by Crippen LogP contribution is -2.12. The van der Waals surface area contributed by atoms with Gasteiger partial charge in [0.25, 0.3) is 0 Å². The molecular formula is C60H39N3O. The highest BCUT2D eigenvalue weighted by Crippen LogP contribution is 2.45. The highest BCUT2D eigenvalue weighted by atomic mass is 16.3. The lowest BCUT2D eigenvalue weighted by molar-refractivity contribution is 0.669. The Hall–Kier alpha value is -8.34. The summed E-state index contributed by atoms with van der Waals surface area (Å²) in [4.78, 5) is 11.3. The van der Waals surface area contributed by atoms with Crippen LogP contribution in [0.1, 0.15) is 23.6 Å². The first-order valence-corrected chi connectivity index (χ1v) is 22.0. The largest absolute Gasteiger partial charge is 0.456 e. The Kier molecular flexibility index (Phi) is 8.16. The van der Waals surface area contributed by atoms with E-state index in [-0.39, 0.29) is 5.92 Å². The number of rotatable bonds is 5.